The van der Waals surface area contributed by atoms with Gasteiger partial charge in [0.25, 0.3) is 5.91 Å². The number of nitrogens with one attached hydrogen (secondary N) is 1. The van der Waals surface area contributed by atoms with Gasteiger partial charge in [0.1, 0.15) is 5.76 Å². The molecule has 0 aromatic carbocycles. The van der Waals surface area contributed by atoms with Crippen LogP contribution in [0.2, 0.25) is 0 Å². The quantitative estimate of drug-likeness (QED) is 0.494. The predicted molar refractivity (Wildman–Crippen MR) is 100 cm³/mol. The van der Waals surface area contributed by atoms with Gasteiger partial charge in [-0.2, -0.15) is 0 Å². The Kier molecular flexibility index (Phi) is 5.69. The number of aryl methyl sites for hydroxylation is 1. The molecule has 2 amide bonds. The molecule has 134 valence electrons. The molecule has 1 N–H and O–H groups in total. The van der Waals surface area contributed by atoms with Crippen LogP contribution in [-0.2, 0) is 11.3 Å². The Labute approximate surface area is 158 Å². The molecule has 0 saturated heterocycles. The zero-order chi connectivity index (χ0) is 18.5. The van der Waals surface area contributed by atoms with Gasteiger partial charge >= 0.3 is 0 Å². The fourth-order valence-electron chi connectivity index (χ4n) is 2.27. The molecule has 9 heteroatoms. The van der Waals surface area contributed by atoms with Crippen LogP contribution in [0.1, 0.15) is 15.4 Å². The number of rotatable bonds is 7. The monoisotopic (exact) mass is 388 g/mol. The third-order valence-electron chi connectivity index (χ3n) is 3.46. The van der Waals surface area contributed by atoms with Crippen LogP contribution in [0.5, 0.6) is 0 Å². The van der Waals surface area contributed by atoms with E-state index in [0.29, 0.717) is 22.4 Å². The summed E-state index contributed by atoms with van der Waals surface area (Å²) in [6.45, 7) is 6.09. The maximum absolute atomic E-state index is 12.0. The minimum absolute atomic E-state index is 0.0523. The lowest BCUT2D eigenvalue weighted by molar-refractivity contribution is -0.117. The molecule has 0 bridgehead atoms. The van der Waals surface area contributed by atoms with Gasteiger partial charge in [-0.1, -0.05) is 23.9 Å². The first-order valence-electron chi connectivity index (χ1n) is 7.69. The number of hydrogen-bond acceptors (Lipinski definition) is 7. The summed E-state index contributed by atoms with van der Waals surface area (Å²) in [5.74, 6) is 0.652. The number of nitrogens with zero attached hydrogens (tertiary/aromatic N) is 3. The summed E-state index contributed by atoms with van der Waals surface area (Å²) in [5, 5.41) is 13.1. The van der Waals surface area contributed by atoms with Crippen molar-refractivity contribution in [3.8, 4) is 11.4 Å². The van der Waals surface area contributed by atoms with Gasteiger partial charge < -0.3 is 4.42 Å². The number of allylic oxidation sites excluding steroid dienone is 1. The molecule has 0 radical (unpaired) electrons. The Morgan fingerprint density at radius 1 is 1.42 bits per heavy atom. The maximum atomic E-state index is 12.0. The maximum Gasteiger partial charge on any atom is 0.267 e. The van der Waals surface area contributed by atoms with Gasteiger partial charge in [0.05, 0.1) is 22.5 Å². The molecule has 3 aromatic heterocycles. The topological polar surface area (TPSA) is 90.0 Å². The smallest absolute Gasteiger partial charge is 0.267 e. The van der Waals surface area contributed by atoms with Crippen molar-refractivity contribution < 1.29 is 14.0 Å². The first-order valence-corrected chi connectivity index (χ1v) is 9.55. The molecule has 0 aliphatic heterocycles. The first-order chi connectivity index (χ1) is 12.6. The fourth-order valence-corrected chi connectivity index (χ4v) is 3.63. The van der Waals surface area contributed by atoms with Gasteiger partial charge in [-0.15, -0.1) is 28.1 Å². The number of imide groups is 1. The molecular formula is C17H16N4O3S2. The largest absolute Gasteiger partial charge is 0.469 e. The van der Waals surface area contributed by atoms with Crippen LogP contribution in [0, 0.1) is 6.92 Å². The highest BCUT2D eigenvalue weighted by Gasteiger charge is 2.18. The molecule has 0 unspecified atom stereocenters. The van der Waals surface area contributed by atoms with E-state index < -0.39 is 5.91 Å². The lowest BCUT2D eigenvalue weighted by Gasteiger charge is -2.07. The van der Waals surface area contributed by atoms with Gasteiger partial charge in [-0.25, -0.2) is 0 Å². The molecule has 3 rings (SSSR count). The van der Waals surface area contributed by atoms with Crippen molar-refractivity contribution >= 4 is 34.9 Å². The molecule has 0 atom stereocenters. The normalized spacial score (nSPS) is 10.7. The second kappa shape index (κ2) is 8.15. The van der Waals surface area contributed by atoms with E-state index in [4.69, 9.17) is 4.42 Å². The zero-order valence-corrected chi connectivity index (χ0v) is 15.6. The van der Waals surface area contributed by atoms with Crippen molar-refractivity contribution in [2.75, 3.05) is 5.75 Å². The molecule has 7 nitrogen and oxygen atoms in total. The molecule has 0 spiro atoms. The molecule has 0 aliphatic carbocycles. The Morgan fingerprint density at radius 2 is 2.27 bits per heavy atom. The van der Waals surface area contributed by atoms with Crippen LogP contribution in [0.25, 0.3) is 11.4 Å². The van der Waals surface area contributed by atoms with Crippen molar-refractivity contribution in [3.63, 3.8) is 0 Å². The molecular weight excluding hydrogens is 372 g/mol. The summed E-state index contributed by atoms with van der Waals surface area (Å²) < 4.78 is 7.18. The molecule has 3 heterocycles. The summed E-state index contributed by atoms with van der Waals surface area (Å²) in [5.41, 5.74) is 0.837. The minimum atomic E-state index is -0.395. The number of furan rings is 1. The average Bonchev–Trinajstić information content (AvgIpc) is 3.34. The second-order valence-electron chi connectivity index (χ2n) is 5.24. The Bertz CT molecular complexity index is 928. The third kappa shape index (κ3) is 3.94. The molecule has 0 saturated carbocycles. The summed E-state index contributed by atoms with van der Waals surface area (Å²) >= 11 is 2.49. The highest BCUT2D eigenvalue weighted by Crippen LogP contribution is 2.27. The number of hydrogen-bond donors (Lipinski definition) is 1. The third-order valence-corrected chi connectivity index (χ3v) is 5.29. The van der Waals surface area contributed by atoms with Crippen LogP contribution >= 0.6 is 23.1 Å². The number of thioether (sulfide) groups is 1. The second-order valence-corrected chi connectivity index (χ2v) is 7.13. The average molecular weight is 388 g/mol. The number of aromatic nitrogens is 3. The highest BCUT2D eigenvalue weighted by atomic mass is 32.2. The van der Waals surface area contributed by atoms with Gasteiger partial charge in [0.15, 0.2) is 11.0 Å². The van der Waals surface area contributed by atoms with Gasteiger partial charge in [-0.05, 0) is 24.4 Å². The summed E-state index contributed by atoms with van der Waals surface area (Å²) in [4.78, 5) is 24.4. The van der Waals surface area contributed by atoms with Crippen molar-refractivity contribution in [2.24, 2.45) is 0 Å². The predicted octanol–water partition coefficient (Wildman–Crippen LogP) is 3.14. The van der Waals surface area contributed by atoms with Gasteiger partial charge in [0.2, 0.25) is 5.91 Å². The highest BCUT2D eigenvalue weighted by molar-refractivity contribution is 7.99. The van der Waals surface area contributed by atoms with E-state index in [1.54, 1.807) is 29.9 Å². The number of amides is 2. The summed E-state index contributed by atoms with van der Waals surface area (Å²) in [7, 11) is 0. The number of carbonyl (C=O) groups excluding carboxylic acids is 2. The van der Waals surface area contributed by atoms with E-state index in [1.807, 2.05) is 17.6 Å². The van der Waals surface area contributed by atoms with Gasteiger partial charge in [0, 0.05) is 6.54 Å². The Hall–Kier alpha value is -2.65. The van der Waals surface area contributed by atoms with Crippen LogP contribution in [0.4, 0.5) is 0 Å². The molecule has 0 fully saturated rings. The van der Waals surface area contributed by atoms with Crippen LogP contribution in [-0.4, -0.2) is 32.3 Å². The van der Waals surface area contributed by atoms with Gasteiger partial charge in [-0.3, -0.25) is 19.5 Å². The van der Waals surface area contributed by atoms with Crippen LogP contribution in [0.3, 0.4) is 0 Å². The SMILES string of the molecule is C=CCn1c(SCC(=O)NC(=O)c2cccs2)nnc1-c1ccoc1C. The van der Waals surface area contributed by atoms with E-state index in [1.165, 1.54) is 23.1 Å². The lowest BCUT2D eigenvalue weighted by atomic mass is 10.2. The summed E-state index contributed by atoms with van der Waals surface area (Å²) in [6, 6.07) is 5.25. The molecule has 26 heavy (non-hydrogen) atoms. The van der Waals surface area contributed by atoms with E-state index in [0.717, 1.165) is 11.3 Å². The van der Waals surface area contributed by atoms with Crippen LogP contribution in [0.15, 0.2) is 52.1 Å². The Morgan fingerprint density at radius 3 is 2.92 bits per heavy atom. The summed E-state index contributed by atoms with van der Waals surface area (Å²) in [6.07, 6.45) is 3.32. The fraction of sp³-hybridized carbons (Fsp3) is 0.176. The van der Waals surface area contributed by atoms with E-state index >= 15 is 0 Å². The van der Waals surface area contributed by atoms with E-state index in [9.17, 15) is 9.59 Å². The van der Waals surface area contributed by atoms with Crippen LogP contribution < -0.4 is 5.32 Å². The van der Waals surface area contributed by atoms with Crippen molar-refractivity contribution in [1.82, 2.24) is 20.1 Å². The first kappa shape index (κ1) is 18.2. The van der Waals surface area contributed by atoms with Crippen molar-refractivity contribution in [2.45, 2.75) is 18.6 Å². The molecule has 0 aliphatic rings. The van der Waals surface area contributed by atoms with E-state index in [2.05, 4.69) is 22.1 Å². The lowest BCUT2D eigenvalue weighted by Crippen LogP contribution is -2.31. The Balaban J connectivity index is 1.69. The zero-order valence-electron chi connectivity index (χ0n) is 14.0. The number of carbonyl (C=O) groups is 2. The molecule has 3 aromatic rings. The minimum Gasteiger partial charge on any atom is -0.469 e. The standard InChI is InChI=1S/C17H16N4O3S2/c1-3-7-21-15(12-6-8-24-11(12)2)19-20-17(21)26-10-14(22)18-16(23)13-5-4-9-25-13/h3-6,8-9H,1,7,10H2,2H3,(H,18,22,23). The van der Waals surface area contributed by atoms with E-state index in [-0.39, 0.29) is 11.7 Å². The van der Waals surface area contributed by atoms with Crippen molar-refractivity contribution in [1.29, 1.82) is 0 Å². The number of thiophene rings is 1. The van der Waals surface area contributed by atoms with Crippen molar-refractivity contribution in [3.05, 3.63) is 53.1 Å².